The van der Waals surface area contributed by atoms with Gasteiger partial charge in [0.1, 0.15) is 17.3 Å². The number of hydrogen-bond donors (Lipinski definition) is 1. The zero-order valence-electron chi connectivity index (χ0n) is 18.3. The molecule has 0 aliphatic heterocycles. The van der Waals surface area contributed by atoms with Crippen LogP contribution in [0.3, 0.4) is 0 Å². The maximum absolute atomic E-state index is 13.0. The number of anilines is 1. The van der Waals surface area contributed by atoms with Gasteiger partial charge in [0.15, 0.2) is 11.0 Å². The monoisotopic (exact) mass is 456 g/mol. The maximum atomic E-state index is 13.0. The minimum atomic E-state index is -0.262. The summed E-state index contributed by atoms with van der Waals surface area (Å²) in [6.07, 6.45) is 6.09. The molecule has 6 nitrogen and oxygen atoms in total. The van der Waals surface area contributed by atoms with Gasteiger partial charge in [-0.1, -0.05) is 37.1 Å². The molecular formula is C24H29FN4O2S. The smallest absolute Gasteiger partial charge is 0.191 e. The van der Waals surface area contributed by atoms with Crippen LogP contribution in [0.2, 0.25) is 0 Å². The lowest BCUT2D eigenvalue weighted by molar-refractivity contribution is 0.328. The Balaban J connectivity index is 1.40. The zero-order valence-corrected chi connectivity index (χ0v) is 19.1. The summed E-state index contributed by atoms with van der Waals surface area (Å²) in [7, 11) is 1.67. The predicted octanol–water partition coefficient (Wildman–Crippen LogP) is 5.71. The molecule has 170 valence electrons. The van der Waals surface area contributed by atoms with E-state index in [1.165, 1.54) is 31.4 Å². The summed E-state index contributed by atoms with van der Waals surface area (Å²) in [5, 5.41) is 13.4. The van der Waals surface area contributed by atoms with Gasteiger partial charge in [0.05, 0.1) is 20.3 Å². The highest BCUT2D eigenvalue weighted by Crippen LogP contribution is 2.33. The molecule has 1 saturated carbocycles. The van der Waals surface area contributed by atoms with Gasteiger partial charge in [0.2, 0.25) is 0 Å². The average Bonchev–Trinajstić information content (AvgIpc) is 3.25. The fourth-order valence-electron chi connectivity index (χ4n) is 3.97. The predicted molar refractivity (Wildman–Crippen MR) is 125 cm³/mol. The van der Waals surface area contributed by atoms with Crippen molar-refractivity contribution >= 4 is 17.4 Å². The van der Waals surface area contributed by atoms with E-state index in [2.05, 4.69) is 20.1 Å². The number of hydrogen-bond acceptors (Lipinski definition) is 6. The van der Waals surface area contributed by atoms with Gasteiger partial charge in [-0.2, -0.15) is 0 Å². The van der Waals surface area contributed by atoms with Crippen molar-refractivity contribution in [1.29, 1.82) is 0 Å². The second-order valence-corrected chi connectivity index (χ2v) is 8.86. The summed E-state index contributed by atoms with van der Waals surface area (Å²) >= 11 is 1.65. The third-order valence-corrected chi connectivity index (χ3v) is 6.50. The van der Waals surface area contributed by atoms with Crippen LogP contribution < -0.4 is 14.8 Å². The Morgan fingerprint density at radius 3 is 2.66 bits per heavy atom. The Labute approximate surface area is 192 Å². The molecule has 3 aromatic rings. The summed E-state index contributed by atoms with van der Waals surface area (Å²) < 4.78 is 26.4. The quantitative estimate of drug-likeness (QED) is 0.311. The number of halogens is 1. The zero-order chi connectivity index (χ0) is 22.2. The molecule has 0 radical (unpaired) electrons. The van der Waals surface area contributed by atoms with Crippen LogP contribution in [0.5, 0.6) is 11.5 Å². The second kappa shape index (κ2) is 11.2. The molecular weight excluding hydrogens is 427 g/mol. The first-order valence-corrected chi connectivity index (χ1v) is 12.0. The van der Waals surface area contributed by atoms with Crippen LogP contribution in [0.15, 0.2) is 53.7 Å². The highest BCUT2D eigenvalue weighted by atomic mass is 32.2. The molecule has 1 heterocycles. The van der Waals surface area contributed by atoms with E-state index >= 15 is 0 Å². The van der Waals surface area contributed by atoms with Gasteiger partial charge in [-0.05, 0) is 49.2 Å². The standard InChI is InChI=1S/C24H29FN4O2S/c1-30-22-9-5-6-19(16-22)26-17-23-27-28-24(29(23)20-7-3-2-4-8-20)32-15-14-31-21-12-10-18(25)11-13-21/h5-6,9-13,16,20,26H,2-4,7-8,14-15,17H2,1H3. The fraction of sp³-hybridized carbons (Fsp3) is 0.417. The first-order valence-electron chi connectivity index (χ1n) is 11.1. The summed E-state index contributed by atoms with van der Waals surface area (Å²) in [5.41, 5.74) is 0.990. The highest BCUT2D eigenvalue weighted by molar-refractivity contribution is 7.99. The van der Waals surface area contributed by atoms with Gasteiger partial charge >= 0.3 is 0 Å². The molecule has 32 heavy (non-hydrogen) atoms. The van der Waals surface area contributed by atoms with Gasteiger partial charge in [-0.3, -0.25) is 0 Å². The summed E-state index contributed by atoms with van der Waals surface area (Å²) in [4.78, 5) is 0. The number of benzene rings is 2. The van der Waals surface area contributed by atoms with Crippen molar-refractivity contribution in [3.05, 3.63) is 60.2 Å². The van der Waals surface area contributed by atoms with Crippen LogP contribution in [0.1, 0.15) is 44.0 Å². The Hall–Kier alpha value is -2.74. The van der Waals surface area contributed by atoms with Crippen LogP contribution in [-0.4, -0.2) is 34.2 Å². The number of ether oxygens (including phenoxy) is 2. The van der Waals surface area contributed by atoms with Gasteiger partial charge < -0.3 is 19.4 Å². The third-order valence-electron chi connectivity index (χ3n) is 5.59. The van der Waals surface area contributed by atoms with E-state index in [9.17, 15) is 4.39 Å². The summed E-state index contributed by atoms with van der Waals surface area (Å²) in [6.45, 7) is 1.12. The van der Waals surface area contributed by atoms with Crippen LogP contribution in [-0.2, 0) is 6.54 Å². The Morgan fingerprint density at radius 1 is 1.06 bits per heavy atom. The molecule has 0 spiro atoms. The third kappa shape index (κ3) is 5.94. The fourth-order valence-corrected chi connectivity index (χ4v) is 4.81. The van der Waals surface area contributed by atoms with E-state index < -0.39 is 0 Å². The summed E-state index contributed by atoms with van der Waals surface area (Å²) in [5.74, 6) is 2.92. The van der Waals surface area contributed by atoms with Crippen LogP contribution in [0.4, 0.5) is 10.1 Å². The number of aromatic nitrogens is 3. The number of rotatable bonds is 10. The van der Waals surface area contributed by atoms with Crippen molar-refractivity contribution in [2.75, 3.05) is 24.8 Å². The van der Waals surface area contributed by atoms with E-state index in [0.29, 0.717) is 24.9 Å². The van der Waals surface area contributed by atoms with Crippen molar-refractivity contribution in [3.8, 4) is 11.5 Å². The molecule has 0 saturated heterocycles. The molecule has 2 aromatic carbocycles. The number of methoxy groups -OCH3 is 1. The van der Waals surface area contributed by atoms with Gasteiger partial charge in [-0.25, -0.2) is 4.39 Å². The van der Waals surface area contributed by atoms with Crippen LogP contribution in [0.25, 0.3) is 0 Å². The maximum Gasteiger partial charge on any atom is 0.191 e. The van der Waals surface area contributed by atoms with Crippen molar-refractivity contribution in [2.24, 2.45) is 0 Å². The lowest BCUT2D eigenvalue weighted by atomic mass is 9.95. The molecule has 0 atom stereocenters. The Bertz CT molecular complexity index is 990. The minimum Gasteiger partial charge on any atom is -0.497 e. The van der Waals surface area contributed by atoms with Gasteiger partial charge in [-0.15, -0.1) is 10.2 Å². The van der Waals surface area contributed by atoms with Gasteiger partial charge in [0, 0.05) is 23.5 Å². The second-order valence-electron chi connectivity index (χ2n) is 7.80. The highest BCUT2D eigenvalue weighted by Gasteiger charge is 2.23. The lowest BCUT2D eigenvalue weighted by Gasteiger charge is -2.25. The molecule has 4 rings (SSSR count). The number of nitrogens with zero attached hydrogens (tertiary/aromatic N) is 3. The molecule has 0 bridgehead atoms. The Morgan fingerprint density at radius 2 is 1.88 bits per heavy atom. The van der Waals surface area contributed by atoms with E-state index in [1.54, 1.807) is 31.0 Å². The van der Waals surface area contributed by atoms with Crippen molar-refractivity contribution in [3.63, 3.8) is 0 Å². The van der Waals surface area contributed by atoms with Crippen LogP contribution in [0, 0.1) is 5.82 Å². The van der Waals surface area contributed by atoms with Crippen LogP contribution >= 0.6 is 11.8 Å². The molecule has 1 aliphatic carbocycles. The molecule has 8 heteroatoms. The summed E-state index contributed by atoms with van der Waals surface area (Å²) in [6, 6.07) is 14.4. The van der Waals surface area contributed by atoms with Crippen molar-refractivity contribution in [2.45, 2.75) is 49.8 Å². The first kappa shape index (κ1) is 22.5. The van der Waals surface area contributed by atoms with Crippen molar-refractivity contribution < 1.29 is 13.9 Å². The van der Waals surface area contributed by atoms with E-state index in [4.69, 9.17) is 9.47 Å². The van der Waals surface area contributed by atoms with Crippen molar-refractivity contribution in [1.82, 2.24) is 14.8 Å². The normalized spacial score (nSPS) is 14.3. The molecule has 0 unspecified atom stereocenters. The number of thioether (sulfide) groups is 1. The van der Waals surface area contributed by atoms with E-state index in [0.717, 1.165) is 41.0 Å². The Kier molecular flexibility index (Phi) is 7.87. The largest absolute Gasteiger partial charge is 0.497 e. The average molecular weight is 457 g/mol. The molecule has 0 amide bonds. The minimum absolute atomic E-state index is 0.262. The van der Waals surface area contributed by atoms with E-state index in [-0.39, 0.29) is 5.82 Å². The topological polar surface area (TPSA) is 61.2 Å². The number of nitrogens with one attached hydrogen (secondary N) is 1. The molecule has 1 aromatic heterocycles. The SMILES string of the molecule is COc1cccc(NCc2nnc(SCCOc3ccc(F)cc3)n2C2CCCCC2)c1. The van der Waals surface area contributed by atoms with Gasteiger partial charge in [0.25, 0.3) is 0 Å². The van der Waals surface area contributed by atoms with E-state index in [1.807, 2.05) is 24.3 Å². The molecule has 1 fully saturated rings. The lowest BCUT2D eigenvalue weighted by Crippen LogP contribution is -2.18. The first-order chi connectivity index (χ1) is 15.7. The molecule has 1 N–H and O–H groups in total. The molecule has 1 aliphatic rings.